The average molecular weight is 229 g/mol. The number of aromatic amines is 1. The number of hydrogen-bond acceptors (Lipinski definition) is 2. The van der Waals surface area contributed by atoms with Crippen LogP contribution in [0.4, 0.5) is 0 Å². The van der Waals surface area contributed by atoms with Gasteiger partial charge in [-0.15, -0.1) is 0 Å². The van der Waals surface area contributed by atoms with Crippen LogP contribution in [-0.4, -0.2) is 14.8 Å². The number of pyridine rings is 1. The van der Waals surface area contributed by atoms with E-state index in [1.807, 2.05) is 12.1 Å². The molecule has 0 amide bonds. The fourth-order valence-electron chi connectivity index (χ4n) is 2.52. The van der Waals surface area contributed by atoms with Crippen LogP contribution < -0.4 is 5.56 Å². The van der Waals surface area contributed by atoms with Crippen molar-refractivity contribution in [2.24, 2.45) is 0 Å². The monoisotopic (exact) mass is 229 g/mol. The molecule has 1 aliphatic carbocycles. The molecule has 0 aliphatic heterocycles. The van der Waals surface area contributed by atoms with Crippen molar-refractivity contribution in [3.05, 3.63) is 40.9 Å². The van der Waals surface area contributed by atoms with E-state index in [4.69, 9.17) is 0 Å². The highest BCUT2D eigenvalue weighted by Gasteiger charge is 2.19. The average Bonchev–Trinajstić information content (AvgIpc) is 2.99. The Hall–Kier alpha value is -1.84. The van der Waals surface area contributed by atoms with Gasteiger partial charge in [0.1, 0.15) is 0 Å². The largest absolute Gasteiger partial charge is 0.295 e. The lowest BCUT2D eigenvalue weighted by molar-refractivity contribution is 0.455. The normalized spacial score (nSPS) is 16.5. The summed E-state index contributed by atoms with van der Waals surface area (Å²) in [6.45, 7) is 0. The SMILES string of the molecule is O=c1cc(-c2ccncc2)[nH]n1C1CCCC1. The van der Waals surface area contributed by atoms with Gasteiger partial charge < -0.3 is 0 Å². The van der Waals surface area contributed by atoms with Crippen LogP contribution in [0.25, 0.3) is 11.3 Å². The van der Waals surface area contributed by atoms with Gasteiger partial charge in [-0.3, -0.25) is 14.9 Å². The van der Waals surface area contributed by atoms with Gasteiger partial charge in [0.25, 0.3) is 5.56 Å². The Bertz CT molecular complexity index is 550. The molecule has 4 heteroatoms. The minimum absolute atomic E-state index is 0.0729. The molecule has 88 valence electrons. The lowest BCUT2D eigenvalue weighted by Gasteiger charge is -2.09. The van der Waals surface area contributed by atoms with Gasteiger partial charge in [-0.25, -0.2) is 4.68 Å². The van der Waals surface area contributed by atoms with E-state index in [1.165, 1.54) is 12.8 Å². The van der Waals surface area contributed by atoms with E-state index in [0.29, 0.717) is 6.04 Å². The van der Waals surface area contributed by atoms with Gasteiger partial charge in [0.05, 0.1) is 11.7 Å². The first-order valence-corrected chi connectivity index (χ1v) is 6.06. The van der Waals surface area contributed by atoms with Crippen molar-refractivity contribution in [3.8, 4) is 11.3 Å². The van der Waals surface area contributed by atoms with Crippen LogP contribution in [0.1, 0.15) is 31.7 Å². The Morgan fingerprint density at radius 2 is 1.94 bits per heavy atom. The molecule has 17 heavy (non-hydrogen) atoms. The molecule has 1 N–H and O–H groups in total. The van der Waals surface area contributed by atoms with E-state index in [2.05, 4.69) is 10.1 Å². The first kappa shape index (κ1) is 10.3. The zero-order valence-electron chi connectivity index (χ0n) is 9.60. The third-order valence-electron chi connectivity index (χ3n) is 3.43. The quantitative estimate of drug-likeness (QED) is 0.859. The molecule has 4 nitrogen and oxygen atoms in total. The number of nitrogens with zero attached hydrogens (tertiary/aromatic N) is 2. The molecule has 1 fully saturated rings. The molecule has 0 aromatic carbocycles. The van der Waals surface area contributed by atoms with Crippen LogP contribution >= 0.6 is 0 Å². The lowest BCUT2D eigenvalue weighted by atomic mass is 10.2. The maximum absolute atomic E-state index is 11.9. The molecule has 0 bridgehead atoms. The molecular weight excluding hydrogens is 214 g/mol. The van der Waals surface area contributed by atoms with E-state index in [9.17, 15) is 4.79 Å². The lowest BCUT2D eigenvalue weighted by Crippen LogP contribution is -2.19. The van der Waals surface area contributed by atoms with Gasteiger partial charge >= 0.3 is 0 Å². The summed E-state index contributed by atoms with van der Waals surface area (Å²) < 4.78 is 1.78. The van der Waals surface area contributed by atoms with Crippen LogP contribution in [0.15, 0.2) is 35.4 Å². The van der Waals surface area contributed by atoms with Crippen LogP contribution in [0.3, 0.4) is 0 Å². The minimum Gasteiger partial charge on any atom is -0.295 e. The summed E-state index contributed by atoms with van der Waals surface area (Å²) in [4.78, 5) is 15.9. The van der Waals surface area contributed by atoms with Crippen LogP contribution in [0.2, 0.25) is 0 Å². The minimum atomic E-state index is 0.0729. The van der Waals surface area contributed by atoms with Gasteiger partial charge in [0, 0.05) is 24.0 Å². The summed E-state index contributed by atoms with van der Waals surface area (Å²) in [5, 5.41) is 3.22. The summed E-state index contributed by atoms with van der Waals surface area (Å²) in [5.74, 6) is 0. The number of nitrogens with one attached hydrogen (secondary N) is 1. The van der Waals surface area contributed by atoms with Crippen molar-refractivity contribution >= 4 is 0 Å². The number of hydrogen-bond donors (Lipinski definition) is 1. The van der Waals surface area contributed by atoms with E-state index in [-0.39, 0.29) is 5.56 Å². The van der Waals surface area contributed by atoms with Crippen molar-refractivity contribution in [2.45, 2.75) is 31.7 Å². The molecule has 2 aromatic rings. The summed E-state index contributed by atoms with van der Waals surface area (Å²) in [7, 11) is 0. The number of rotatable bonds is 2. The van der Waals surface area contributed by atoms with Crippen LogP contribution in [0, 0.1) is 0 Å². The second-order valence-electron chi connectivity index (χ2n) is 4.55. The van der Waals surface area contributed by atoms with Crippen molar-refractivity contribution in [2.75, 3.05) is 0 Å². The third kappa shape index (κ3) is 1.90. The first-order valence-electron chi connectivity index (χ1n) is 6.06. The number of H-pyrrole nitrogens is 1. The van der Waals surface area contributed by atoms with Gasteiger partial charge in [0.15, 0.2) is 0 Å². The topological polar surface area (TPSA) is 50.7 Å². The molecule has 2 heterocycles. The molecule has 1 aliphatic rings. The molecule has 0 atom stereocenters. The third-order valence-corrected chi connectivity index (χ3v) is 3.43. The van der Waals surface area contributed by atoms with E-state index in [0.717, 1.165) is 24.1 Å². The molecule has 0 radical (unpaired) electrons. The molecule has 0 spiro atoms. The van der Waals surface area contributed by atoms with Crippen molar-refractivity contribution < 1.29 is 0 Å². The Kier molecular flexibility index (Phi) is 2.55. The Morgan fingerprint density at radius 1 is 1.24 bits per heavy atom. The number of aromatic nitrogens is 3. The van der Waals surface area contributed by atoms with Gasteiger partial charge in [-0.05, 0) is 25.0 Å². The predicted molar refractivity (Wildman–Crippen MR) is 65.8 cm³/mol. The molecule has 0 unspecified atom stereocenters. The second kappa shape index (κ2) is 4.20. The zero-order chi connectivity index (χ0) is 11.7. The highest BCUT2D eigenvalue weighted by Crippen LogP contribution is 2.28. The smallest absolute Gasteiger partial charge is 0.267 e. The highest BCUT2D eigenvalue weighted by atomic mass is 16.1. The Balaban J connectivity index is 1.98. The fraction of sp³-hybridized carbons (Fsp3) is 0.385. The Labute approximate surface area is 99.3 Å². The van der Waals surface area contributed by atoms with Crippen molar-refractivity contribution in [1.82, 2.24) is 14.8 Å². The second-order valence-corrected chi connectivity index (χ2v) is 4.55. The van der Waals surface area contributed by atoms with Gasteiger partial charge in [-0.1, -0.05) is 12.8 Å². The van der Waals surface area contributed by atoms with Crippen molar-refractivity contribution in [1.29, 1.82) is 0 Å². The highest BCUT2D eigenvalue weighted by molar-refractivity contribution is 5.57. The van der Waals surface area contributed by atoms with Crippen molar-refractivity contribution in [3.63, 3.8) is 0 Å². The van der Waals surface area contributed by atoms with E-state index in [1.54, 1.807) is 23.1 Å². The Morgan fingerprint density at radius 3 is 2.65 bits per heavy atom. The van der Waals surface area contributed by atoms with Crippen LogP contribution in [0.5, 0.6) is 0 Å². The fourth-order valence-corrected chi connectivity index (χ4v) is 2.52. The van der Waals surface area contributed by atoms with Gasteiger partial charge in [-0.2, -0.15) is 0 Å². The molecule has 1 saturated carbocycles. The molecule has 3 rings (SSSR count). The van der Waals surface area contributed by atoms with Crippen LogP contribution in [-0.2, 0) is 0 Å². The van der Waals surface area contributed by atoms with E-state index < -0.39 is 0 Å². The molecule has 0 saturated heterocycles. The summed E-state index contributed by atoms with van der Waals surface area (Å²) >= 11 is 0. The summed E-state index contributed by atoms with van der Waals surface area (Å²) in [5.41, 5.74) is 1.96. The standard InChI is InChI=1S/C13H15N3O/c17-13-9-12(10-5-7-14-8-6-10)15-16(13)11-3-1-2-4-11/h5-9,11,15H,1-4H2. The molecular formula is C13H15N3O. The maximum atomic E-state index is 11.9. The van der Waals surface area contributed by atoms with Gasteiger partial charge in [0.2, 0.25) is 0 Å². The summed E-state index contributed by atoms with van der Waals surface area (Å²) in [6, 6.07) is 5.85. The first-order chi connectivity index (χ1) is 8.34. The maximum Gasteiger partial charge on any atom is 0.267 e. The predicted octanol–water partition coefficient (Wildman–Crippen LogP) is 2.35. The zero-order valence-corrected chi connectivity index (χ0v) is 9.60. The van der Waals surface area contributed by atoms with E-state index >= 15 is 0 Å². The molecule has 2 aromatic heterocycles. The summed E-state index contributed by atoms with van der Waals surface area (Å²) in [6.07, 6.45) is 8.13.